The van der Waals surface area contributed by atoms with Crippen LogP contribution >= 0.6 is 0 Å². The summed E-state index contributed by atoms with van der Waals surface area (Å²) in [5.74, 6) is 1.74. The van der Waals surface area contributed by atoms with Crippen LogP contribution in [0.15, 0.2) is 42.5 Å². The number of aryl methyl sites for hydroxylation is 1. The van der Waals surface area contributed by atoms with Crippen molar-refractivity contribution in [1.29, 1.82) is 0 Å². The molecular weight excluding hydrogens is 258 g/mol. The van der Waals surface area contributed by atoms with E-state index in [0.29, 0.717) is 0 Å². The topological polar surface area (TPSA) is 35.2 Å². The van der Waals surface area contributed by atoms with Gasteiger partial charge in [0.05, 0.1) is 0 Å². The highest BCUT2D eigenvalue weighted by Crippen LogP contribution is 2.30. The van der Waals surface area contributed by atoms with E-state index in [2.05, 4.69) is 45.9 Å². The van der Waals surface area contributed by atoms with E-state index in [1.807, 2.05) is 31.2 Å². The minimum atomic E-state index is 0.0480. The van der Waals surface area contributed by atoms with Crippen molar-refractivity contribution >= 4 is 0 Å². The molecule has 0 aliphatic heterocycles. The van der Waals surface area contributed by atoms with Crippen LogP contribution in [0, 0.1) is 6.92 Å². The zero-order valence-corrected chi connectivity index (χ0v) is 13.6. The van der Waals surface area contributed by atoms with E-state index >= 15 is 0 Å². The summed E-state index contributed by atoms with van der Waals surface area (Å²) < 4.78 is 5.97. The SMILES string of the molecule is Cc1cc(C(C)(C)C)ccc1Oc1ccc([C@@H](C)N)cc1. The smallest absolute Gasteiger partial charge is 0.130 e. The van der Waals surface area contributed by atoms with Crippen LogP contribution in [0.25, 0.3) is 0 Å². The quantitative estimate of drug-likeness (QED) is 0.850. The molecule has 0 aromatic heterocycles. The van der Waals surface area contributed by atoms with Gasteiger partial charge in [-0.15, -0.1) is 0 Å². The second kappa shape index (κ2) is 5.90. The van der Waals surface area contributed by atoms with E-state index in [1.165, 1.54) is 5.56 Å². The highest BCUT2D eigenvalue weighted by atomic mass is 16.5. The van der Waals surface area contributed by atoms with Gasteiger partial charge >= 0.3 is 0 Å². The van der Waals surface area contributed by atoms with Crippen LogP contribution in [-0.2, 0) is 5.41 Å². The number of nitrogens with two attached hydrogens (primary N) is 1. The fraction of sp³-hybridized carbons (Fsp3) is 0.368. The van der Waals surface area contributed by atoms with Crippen molar-refractivity contribution in [3.63, 3.8) is 0 Å². The molecule has 0 heterocycles. The first-order valence-electron chi connectivity index (χ1n) is 7.42. The fourth-order valence-electron chi connectivity index (χ4n) is 2.20. The van der Waals surface area contributed by atoms with Gasteiger partial charge in [-0.05, 0) is 54.2 Å². The zero-order chi connectivity index (χ0) is 15.6. The molecule has 2 nitrogen and oxygen atoms in total. The monoisotopic (exact) mass is 283 g/mol. The highest BCUT2D eigenvalue weighted by molar-refractivity contribution is 5.42. The lowest BCUT2D eigenvalue weighted by Crippen LogP contribution is -2.11. The molecule has 0 bridgehead atoms. The van der Waals surface area contributed by atoms with Crippen LogP contribution in [0.4, 0.5) is 0 Å². The van der Waals surface area contributed by atoms with Crippen molar-refractivity contribution in [1.82, 2.24) is 0 Å². The van der Waals surface area contributed by atoms with Gasteiger partial charge in [-0.1, -0.05) is 45.0 Å². The molecule has 2 heteroatoms. The summed E-state index contributed by atoms with van der Waals surface area (Å²) in [7, 11) is 0. The van der Waals surface area contributed by atoms with Gasteiger partial charge in [0.1, 0.15) is 11.5 Å². The molecule has 0 amide bonds. The molecule has 0 aliphatic carbocycles. The maximum absolute atomic E-state index is 5.97. The van der Waals surface area contributed by atoms with E-state index < -0.39 is 0 Å². The van der Waals surface area contributed by atoms with Crippen LogP contribution < -0.4 is 10.5 Å². The van der Waals surface area contributed by atoms with Gasteiger partial charge in [-0.2, -0.15) is 0 Å². The van der Waals surface area contributed by atoms with Gasteiger partial charge in [-0.3, -0.25) is 0 Å². The van der Waals surface area contributed by atoms with Crippen LogP contribution in [0.5, 0.6) is 11.5 Å². The Morgan fingerprint density at radius 1 is 1.00 bits per heavy atom. The Morgan fingerprint density at radius 2 is 1.62 bits per heavy atom. The fourth-order valence-corrected chi connectivity index (χ4v) is 2.20. The summed E-state index contributed by atoms with van der Waals surface area (Å²) in [4.78, 5) is 0. The Hall–Kier alpha value is -1.80. The van der Waals surface area contributed by atoms with E-state index in [0.717, 1.165) is 22.6 Å². The van der Waals surface area contributed by atoms with Gasteiger partial charge in [0.15, 0.2) is 0 Å². The largest absolute Gasteiger partial charge is 0.457 e. The lowest BCUT2D eigenvalue weighted by molar-refractivity contribution is 0.477. The molecule has 0 aliphatic rings. The average molecular weight is 283 g/mol. The third-order valence-corrected chi connectivity index (χ3v) is 3.67. The van der Waals surface area contributed by atoms with Gasteiger partial charge in [-0.25, -0.2) is 0 Å². The standard InChI is InChI=1S/C19H25NO/c1-13-12-16(19(3,4)5)8-11-18(13)21-17-9-6-15(7-10-17)14(2)20/h6-12,14H,20H2,1-5H3/t14-/m1/s1. The first kappa shape index (κ1) is 15.6. The van der Waals surface area contributed by atoms with Crippen molar-refractivity contribution in [2.45, 2.75) is 46.1 Å². The second-order valence-corrected chi connectivity index (χ2v) is 6.69. The number of benzene rings is 2. The van der Waals surface area contributed by atoms with Crippen molar-refractivity contribution in [2.24, 2.45) is 5.73 Å². The lowest BCUT2D eigenvalue weighted by Gasteiger charge is -2.20. The number of ether oxygens (including phenoxy) is 1. The predicted octanol–water partition coefficient (Wildman–Crippen LogP) is 5.10. The Balaban J connectivity index is 2.20. The minimum Gasteiger partial charge on any atom is -0.457 e. The molecule has 2 aromatic rings. The van der Waals surface area contributed by atoms with Crippen molar-refractivity contribution < 1.29 is 4.74 Å². The van der Waals surface area contributed by atoms with E-state index in [9.17, 15) is 0 Å². The number of rotatable bonds is 3. The molecule has 2 N–H and O–H groups in total. The molecule has 2 aromatic carbocycles. The molecule has 21 heavy (non-hydrogen) atoms. The summed E-state index contributed by atoms with van der Waals surface area (Å²) >= 11 is 0. The Labute approximate surface area is 127 Å². The summed E-state index contributed by atoms with van der Waals surface area (Å²) in [5, 5.41) is 0. The van der Waals surface area contributed by atoms with Crippen molar-refractivity contribution in [2.75, 3.05) is 0 Å². The Morgan fingerprint density at radius 3 is 2.10 bits per heavy atom. The molecule has 0 saturated carbocycles. The third kappa shape index (κ3) is 3.85. The molecule has 0 spiro atoms. The normalized spacial score (nSPS) is 13.0. The number of hydrogen-bond acceptors (Lipinski definition) is 2. The van der Waals surface area contributed by atoms with Crippen LogP contribution in [0.3, 0.4) is 0 Å². The van der Waals surface area contributed by atoms with Gasteiger partial charge in [0.2, 0.25) is 0 Å². The van der Waals surface area contributed by atoms with Crippen LogP contribution in [0.2, 0.25) is 0 Å². The molecule has 0 unspecified atom stereocenters. The molecule has 0 fully saturated rings. The second-order valence-electron chi connectivity index (χ2n) is 6.69. The summed E-state index contributed by atoms with van der Waals surface area (Å²) in [6.07, 6.45) is 0. The third-order valence-electron chi connectivity index (χ3n) is 3.67. The molecule has 112 valence electrons. The summed E-state index contributed by atoms with van der Waals surface area (Å²) in [5.41, 5.74) is 9.60. The first-order valence-corrected chi connectivity index (χ1v) is 7.42. The lowest BCUT2D eigenvalue weighted by atomic mass is 9.86. The van der Waals surface area contributed by atoms with Crippen molar-refractivity contribution in [3.05, 3.63) is 59.2 Å². The Bertz CT molecular complexity index is 606. The molecule has 1 atom stereocenters. The number of hydrogen-bond donors (Lipinski definition) is 1. The Kier molecular flexibility index (Phi) is 4.38. The first-order chi connectivity index (χ1) is 9.77. The molecule has 0 radical (unpaired) electrons. The van der Waals surface area contributed by atoms with Gasteiger partial charge < -0.3 is 10.5 Å². The summed E-state index contributed by atoms with van der Waals surface area (Å²) in [6.45, 7) is 10.7. The highest BCUT2D eigenvalue weighted by Gasteiger charge is 2.15. The van der Waals surface area contributed by atoms with Crippen LogP contribution in [-0.4, -0.2) is 0 Å². The summed E-state index contributed by atoms with van der Waals surface area (Å²) in [6, 6.07) is 14.4. The minimum absolute atomic E-state index is 0.0480. The predicted molar refractivity (Wildman–Crippen MR) is 89.0 cm³/mol. The average Bonchev–Trinajstić information content (AvgIpc) is 2.40. The molecule has 2 rings (SSSR count). The van der Waals surface area contributed by atoms with Crippen molar-refractivity contribution in [3.8, 4) is 11.5 Å². The van der Waals surface area contributed by atoms with Gasteiger partial charge in [0.25, 0.3) is 0 Å². The maximum atomic E-state index is 5.97. The van der Waals surface area contributed by atoms with Crippen LogP contribution in [0.1, 0.15) is 50.4 Å². The zero-order valence-electron chi connectivity index (χ0n) is 13.6. The van der Waals surface area contributed by atoms with Gasteiger partial charge in [0, 0.05) is 6.04 Å². The molecular formula is C19H25NO. The molecule has 0 saturated heterocycles. The van der Waals surface area contributed by atoms with E-state index in [4.69, 9.17) is 10.5 Å². The van der Waals surface area contributed by atoms with E-state index in [1.54, 1.807) is 0 Å². The maximum Gasteiger partial charge on any atom is 0.130 e. The van der Waals surface area contributed by atoms with E-state index in [-0.39, 0.29) is 11.5 Å².